The molecule has 2 N–H and O–H groups in total. The highest BCUT2D eigenvalue weighted by Crippen LogP contribution is 2.21. The van der Waals surface area contributed by atoms with E-state index in [0.29, 0.717) is 16.9 Å². The van der Waals surface area contributed by atoms with Crippen LogP contribution in [-0.2, 0) is 4.74 Å². The first-order chi connectivity index (χ1) is 13.5. The summed E-state index contributed by atoms with van der Waals surface area (Å²) in [6.45, 7) is 3.90. The van der Waals surface area contributed by atoms with Crippen LogP contribution in [0.4, 0.5) is 17.1 Å². The average Bonchev–Trinajstić information content (AvgIpc) is 2.71. The zero-order valence-electron chi connectivity index (χ0n) is 15.9. The maximum Gasteiger partial charge on any atom is 0.337 e. The van der Waals surface area contributed by atoms with Crippen molar-refractivity contribution in [3.63, 3.8) is 0 Å². The van der Waals surface area contributed by atoms with E-state index in [0.717, 1.165) is 22.5 Å². The molecule has 0 aliphatic rings. The topological polar surface area (TPSA) is 80.3 Å². The third-order valence-electron chi connectivity index (χ3n) is 4.31. The highest BCUT2D eigenvalue weighted by Gasteiger charge is 2.12. The number of hydrogen-bond donors (Lipinski definition) is 2. The minimum Gasteiger partial charge on any atom is -0.465 e. The van der Waals surface area contributed by atoms with Crippen LogP contribution in [0.25, 0.3) is 0 Å². The van der Waals surface area contributed by atoms with Gasteiger partial charge in [-0.3, -0.25) is 9.78 Å². The second-order valence-electron chi connectivity index (χ2n) is 6.34. The van der Waals surface area contributed by atoms with E-state index in [1.54, 1.807) is 42.6 Å². The van der Waals surface area contributed by atoms with E-state index >= 15 is 0 Å². The Kier molecular flexibility index (Phi) is 5.69. The third kappa shape index (κ3) is 4.35. The molecule has 3 aromatic rings. The van der Waals surface area contributed by atoms with Crippen LogP contribution in [0, 0.1) is 13.8 Å². The molecule has 0 bridgehead atoms. The quantitative estimate of drug-likeness (QED) is 0.643. The second kappa shape index (κ2) is 8.35. The normalized spacial score (nSPS) is 10.2. The number of methoxy groups -OCH3 is 1. The number of anilines is 3. The Balaban J connectivity index is 1.75. The SMILES string of the molecule is COC(=O)c1ccc(Nc2ccnc(C(=O)Nc3c(C)cccc3C)c2)cc1. The van der Waals surface area contributed by atoms with Gasteiger partial charge in [-0.1, -0.05) is 18.2 Å². The molecular formula is C22H21N3O3. The van der Waals surface area contributed by atoms with Crippen molar-refractivity contribution in [3.8, 4) is 0 Å². The molecule has 28 heavy (non-hydrogen) atoms. The molecule has 0 saturated heterocycles. The van der Waals surface area contributed by atoms with Gasteiger partial charge in [0.15, 0.2) is 0 Å². The number of carbonyl (C=O) groups excluding carboxylic acids is 2. The number of rotatable bonds is 5. The maximum absolute atomic E-state index is 12.6. The molecule has 0 atom stereocenters. The molecule has 6 heteroatoms. The summed E-state index contributed by atoms with van der Waals surface area (Å²) >= 11 is 0. The van der Waals surface area contributed by atoms with Crippen LogP contribution in [0.1, 0.15) is 32.0 Å². The van der Waals surface area contributed by atoms with E-state index in [-0.39, 0.29) is 11.9 Å². The van der Waals surface area contributed by atoms with Gasteiger partial charge >= 0.3 is 5.97 Å². The van der Waals surface area contributed by atoms with Gasteiger partial charge in [0.1, 0.15) is 5.69 Å². The average molecular weight is 375 g/mol. The summed E-state index contributed by atoms with van der Waals surface area (Å²) < 4.78 is 4.69. The molecule has 0 spiro atoms. The molecule has 142 valence electrons. The lowest BCUT2D eigenvalue weighted by atomic mass is 10.1. The van der Waals surface area contributed by atoms with Gasteiger partial charge in [-0.2, -0.15) is 0 Å². The number of nitrogens with one attached hydrogen (secondary N) is 2. The van der Waals surface area contributed by atoms with E-state index in [2.05, 4.69) is 15.6 Å². The van der Waals surface area contributed by atoms with Crippen LogP contribution in [-0.4, -0.2) is 24.0 Å². The van der Waals surface area contributed by atoms with Crippen molar-refractivity contribution in [2.75, 3.05) is 17.7 Å². The summed E-state index contributed by atoms with van der Waals surface area (Å²) in [6, 6.07) is 16.2. The number of esters is 1. The number of benzene rings is 2. The Hall–Kier alpha value is -3.67. The Morgan fingerprint density at radius 2 is 1.61 bits per heavy atom. The molecular weight excluding hydrogens is 354 g/mol. The Labute approximate surface area is 163 Å². The van der Waals surface area contributed by atoms with Crippen LogP contribution >= 0.6 is 0 Å². The number of nitrogens with zero attached hydrogens (tertiary/aromatic N) is 1. The van der Waals surface area contributed by atoms with E-state index in [1.165, 1.54) is 7.11 Å². The Bertz CT molecular complexity index is 994. The molecule has 0 aliphatic carbocycles. The van der Waals surface area contributed by atoms with Gasteiger partial charge in [-0.15, -0.1) is 0 Å². The number of para-hydroxylation sites is 1. The predicted molar refractivity (Wildman–Crippen MR) is 109 cm³/mol. The second-order valence-corrected chi connectivity index (χ2v) is 6.34. The van der Waals surface area contributed by atoms with Gasteiger partial charge in [0.2, 0.25) is 0 Å². The molecule has 0 fully saturated rings. The zero-order chi connectivity index (χ0) is 20.1. The molecule has 6 nitrogen and oxygen atoms in total. The molecule has 3 rings (SSSR count). The first-order valence-corrected chi connectivity index (χ1v) is 8.77. The lowest BCUT2D eigenvalue weighted by molar-refractivity contribution is 0.0600. The molecule has 0 saturated carbocycles. The first-order valence-electron chi connectivity index (χ1n) is 8.77. The standard InChI is InChI=1S/C22H21N3O3/c1-14-5-4-6-15(2)20(14)25-21(26)19-13-18(11-12-23-19)24-17-9-7-16(8-10-17)22(27)28-3/h4-13H,1-3H3,(H,23,24)(H,25,26). The largest absolute Gasteiger partial charge is 0.465 e. The number of aromatic nitrogens is 1. The van der Waals surface area contributed by atoms with E-state index in [1.807, 2.05) is 32.0 Å². The van der Waals surface area contributed by atoms with Crippen LogP contribution < -0.4 is 10.6 Å². The molecule has 0 radical (unpaired) electrons. The summed E-state index contributed by atoms with van der Waals surface area (Å²) in [4.78, 5) is 28.3. The van der Waals surface area contributed by atoms with Crippen molar-refractivity contribution < 1.29 is 14.3 Å². The lowest BCUT2D eigenvalue weighted by Crippen LogP contribution is -2.15. The molecule has 1 amide bonds. The fourth-order valence-corrected chi connectivity index (χ4v) is 2.80. The van der Waals surface area contributed by atoms with E-state index in [4.69, 9.17) is 4.74 Å². The van der Waals surface area contributed by atoms with E-state index < -0.39 is 0 Å². The highest BCUT2D eigenvalue weighted by atomic mass is 16.5. The van der Waals surface area contributed by atoms with Gasteiger partial charge in [0, 0.05) is 23.3 Å². The number of amides is 1. The Morgan fingerprint density at radius 1 is 0.929 bits per heavy atom. The van der Waals surface area contributed by atoms with Crippen molar-refractivity contribution >= 4 is 28.9 Å². The first kappa shape index (κ1) is 19.1. The fourth-order valence-electron chi connectivity index (χ4n) is 2.80. The van der Waals surface area contributed by atoms with Crippen molar-refractivity contribution in [3.05, 3.63) is 83.2 Å². The monoisotopic (exact) mass is 375 g/mol. The summed E-state index contributed by atoms with van der Waals surface area (Å²) in [5.41, 5.74) is 5.05. The maximum atomic E-state index is 12.6. The van der Waals surface area contributed by atoms with Crippen molar-refractivity contribution in [2.45, 2.75) is 13.8 Å². The molecule has 1 aromatic heterocycles. The molecule has 1 heterocycles. The molecule has 2 aromatic carbocycles. The number of aryl methyl sites for hydroxylation is 2. The number of ether oxygens (including phenoxy) is 1. The summed E-state index contributed by atoms with van der Waals surface area (Å²) in [5.74, 6) is -0.664. The van der Waals surface area contributed by atoms with Crippen LogP contribution in [0.3, 0.4) is 0 Å². The smallest absolute Gasteiger partial charge is 0.337 e. The molecule has 0 unspecified atom stereocenters. The van der Waals surface area contributed by atoms with Crippen molar-refractivity contribution in [2.24, 2.45) is 0 Å². The van der Waals surface area contributed by atoms with Crippen LogP contribution in [0.2, 0.25) is 0 Å². The minimum absolute atomic E-state index is 0.276. The van der Waals surface area contributed by atoms with Crippen LogP contribution in [0.15, 0.2) is 60.8 Å². The van der Waals surface area contributed by atoms with Gasteiger partial charge < -0.3 is 15.4 Å². The minimum atomic E-state index is -0.388. The summed E-state index contributed by atoms with van der Waals surface area (Å²) in [6.07, 6.45) is 1.57. The number of hydrogen-bond acceptors (Lipinski definition) is 5. The van der Waals surface area contributed by atoms with Gasteiger partial charge in [-0.25, -0.2) is 4.79 Å². The zero-order valence-corrected chi connectivity index (χ0v) is 15.9. The number of pyridine rings is 1. The van der Waals surface area contributed by atoms with Crippen molar-refractivity contribution in [1.29, 1.82) is 0 Å². The van der Waals surface area contributed by atoms with Gasteiger partial charge in [-0.05, 0) is 61.4 Å². The lowest BCUT2D eigenvalue weighted by Gasteiger charge is -2.12. The predicted octanol–water partition coefficient (Wildman–Crippen LogP) is 4.48. The van der Waals surface area contributed by atoms with Gasteiger partial charge in [0.25, 0.3) is 5.91 Å². The van der Waals surface area contributed by atoms with Crippen molar-refractivity contribution in [1.82, 2.24) is 4.98 Å². The Morgan fingerprint density at radius 3 is 2.25 bits per heavy atom. The summed E-state index contributed by atoms with van der Waals surface area (Å²) in [5, 5.41) is 6.13. The highest BCUT2D eigenvalue weighted by molar-refractivity contribution is 6.04. The fraction of sp³-hybridized carbons (Fsp3) is 0.136. The molecule has 0 aliphatic heterocycles. The van der Waals surface area contributed by atoms with Gasteiger partial charge in [0.05, 0.1) is 12.7 Å². The van der Waals surface area contributed by atoms with E-state index in [9.17, 15) is 9.59 Å². The third-order valence-corrected chi connectivity index (χ3v) is 4.31. The summed E-state index contributed by atoms with van der Waals surface area (Å²) in [7, 11) is 1.34. The number of carbonyl (C=O) groups is 2. The van der Waals surface area contributed by atoms with Crippen LogP contribution in [0.5, 0.6) is 0 Å².